The molecule has 2 amide bonds. The van der Waals surface area contributed by atoms with E-state index in [2.05, 4.69) is 33.4 Å². The summed E-state index contributed by atoms with van der Waals surface area (Å²) >= 11 is 8.30. The number of anilines is 1. The van der Waals surface area contributed by atoms with Crippen molar-refractivity contribution in [1.82, 2.24) is 15.2 Å². The molecule has 5 heterocycles. The predicted molar refractivity (Wildman–Crippen MR) is 141 cm³/mol. The molecule has 182 valence electrons. The van der Waals surface area contributed by atoms with Crippen LogP contribution in [0.4, 0.5) is 5.69 Å². The molecular weight excluding hydrogens is 480 g/mol. The molecule has 2 aromatic heterocycles. The second-order valence-electron chi connectivity index (χ2n) is 9.75. The van der Waals surface area contributed by atoms with Gasteiger partial charge in [0.25, 0.3) is 0 Å². The van der Waals surface area contributed by atoms with E-state index < -0.39 is 0 Å². The Labute approximate surface area is 214 Å². The lowest BCUT2D eigenvalue weighted by atomic mass is 9.91. The summed E-state index contributed by atoms with van der Waals surface area (Å²) < 4.78 is 1.08. The van der Waals surface area contributed by atoms with Crippen molar-refractivity contribution in [2.45, 2.75) is 57.5 Å². The number of nitrogens with one attached hydrogen (secondary N) is 1. The first-order valence-electron chi connectivity index (χ1n) is 12.6. The van der Waals surface area contributed by atoms with Crippen LogP contribution >= 0.6 is 22.9 Å². The zero-order chi connectivity index (χ0) is 23.9. The summed E-state index contributed by atoms with van der Waals surface area (Å²) in [5.74, 6) is -0.170. The van der Waals surface area contributed by atoms with Crippen molar-refractivity contribution in [2.75, 3.05) is 24.5 Å². The van der Waals surface area contributed by atoms with E-state index in [1.807, 2.05) is 12.3 Å². The van der Waals surface area contributed by atoms with Gasteiger partial charge in [-0.15, -0.1) is 11.3 Å². The normalized spacial score (nSPS) is 21.0. The quantitative estimate of drug-likeness (QED) is 0.493. The predicted octanol–water partition coefficient (Wildman–Crippen LogP) is 5.16. The van der Waals surface area contributed by atoms with E-state index in [0.29, 0.717) is 25.4 Å². The Balaban J connectivity index is 1.44. The van der Waals surface area contributed by atoms with E-state index in [0.717, 1.165) is 64.6 Å². The maximum absolute atomic E-state index is 12.2. The number of thiophene rings is 1. The topological polar surface area (TPSA) is 65.5 Å². The monoisotopic (exact) mass is 508 g/mol. The second kappa shape index (κ2) is 9.52. The number of benzene rings is 1. The van der Waals surface area contributed by atoms with Crippen LogP contribution in [0.25, 0.3) is 21.3 Å². The fourth-order valence-electron chi connectivity index (χ4n) is 5.85. The van der Waals surface area contributed by atoms with E-state index in [1.165, 1.54) is 34.6 Å². The molecule has 0 bridgehead atoms. The van der Waals surface area contributed by atoms with Crippen LogP contribution < -0.4 is 10.2 Å². The van der Waals surface area contributed by atoms with Gasteiger partial charge in [-0.05, 0) is 75.0 Å². The summed E-state index contributed by atoms with van der Waals surface area (Å²) in [6.45, 7) is 3.54. The van der Waals surface area contributed by atoms with Gasteiger partial charge in [-0.2, -0.15) is 0 Å². The van der Waals surface area contributed by atoms with E-state index in [4.69, 9.17) is 11.6 Å². The number of carbonyl (C=O) groups is 2. The highest BCUT2D eigenvalue weighted by atomic mass is 35.5. The van der Waals surface area contributed by atoms with Gasteiger partial charge < -0.3 is 10.2 Å². The van der Waals surface area contributed by atoms with Gasteiger partial charge >= 0.3 is 0 Å². The van der Waals surface area contributed by atoms with Crippen LogP contribution in [-0.2, 0) is 22.6 Å². The second-order valence-corrected chi connectivity index (χ2v) is 11.3. The molecule has 0 radical (unpaired) electrons. The van der Waals surface area contributed by atoms with Crippen molar-refractivity contribution in [2.24, 2.45) is 0 Å². The summed E-state index contributed by atoms with van der Waals surface area (Å²) in [7, 11) is 0. The van der Waals surface area contributed by atoms with Crippen molar-refractivity contribution in [3.63, 3.8) is 0 Å². The SMILES string of the molecule is O=C1CCC(=O)N1Cc1cc2nccc(-c3cc(Cl)cc4c3N([C@H]3CCCNCC3)CCC4)c2s1. The van der Waals surface area contributed by atoms with Crippen LogP contribution in [0.5, 0.6) is 0 Å². The number of hydrogen-bond acceptors (Lipinski definition) is 6. The van der Waals surface area contributed by atoms with Crippen LogP contribution in [0.3, 0.4) is 0 Å². The minimum atomic E-state index is -0.0851. The minimum Gasteiger partial charge on any atom is -0.368 e. The average Bonchev–Trinajstić information content (AvgIpc) is 3.28. The molecule has 0 saturated carbocycles. The third-order valence-corrected chi connectivity index (χ3v) is 8.85. The third-order valence-electron chi connectivity index (χ3n) is 7.49. The van der Waals surface area contributed by atoms with Crippen molar-refractivity contribution >= 4 is 50.7 Å². The smallest absolute Gasteiger partial charge is 0.230 e. The van der Waals surface area contributed by atoms with Crippen LogP contribution in [-0.4, -0.2) is 47.4 Å². The average molecular weight is 509 g/mol. The number of likely N-dealkylation sites (tertiary alicyclic amines) is 1. The lowest BCUT2D eigenvalue weighted by Crippen LogP contribution is -2.40. The summed E-state index contributed by atoms with van der Waals surface area (Å²) in [6.07, 6.45) is 8.20. The molecule has 3 aromatic rings. The molecule has 6 nitrogen and oxygen atoms in total. The maximum Gasteiger partial charge on any atom is 0.230 e. The Hall–Kier alpha value is -2.48. The molecule has 1 aromatic carbocycles. The molecule has 0 spiro atoms. The summed E-state index contributed by atoms with van der Waals surface area (Å²) in [5, 5.41) is 4.31. The van der Waals surface area contributed by atoms with Gasteiger partial charge in [0.1, 0.15) is 0 Å². The molecule has 2 saturated heterocycles. The van der Waals surface area contributed by atoms with Crippen LogP contribution in [0.15, 0.2) is 30.5 Å². The fraction of sp³-hybridized carbons (Fsp3) is 0.444. The van der Waals surface area contributed by atoms with Crippen LogP contribution in [0.2, 0.25) is 5.02 Å². The summed E-state index contributed by atoms with van der Waals surface area (Å²) in [4.78, 5) is 34.0. The van der Waals surface area contributed by atoms with E-state index >= 15 is 0 Å². The van der Waals surface area contributed by atoms with E-state index in [9.17, 15) is 9.59 Å². The van der Waals surface area contributed by atoms with Crippen molar-refractivity contribution in [3.05, 3.63) is 45.9 Å². The first-order chi connectivity index (χ1) is 17.1. The number of hydrogen-bond donors (Lipinski definition) is 1. The van der Waals surface area contributed by atoms with Gasteiger partial charge in [-0.1, -0.05) is 11.6 Å². The summed E-state index contributed by atoms with van der Waals surface area (Å²) in [6, 6.07) is 8.88. The molecule has 35 heavy (non-hydrogen) atoms. The number of imide groups is 1. The first kappa shape index (κ1) is 23.0. The van der Waals surface area contributed by atoms with Crippen LogP contribution in [0, 0.1) is 0 Å². The number of aromatic nitrogens is 1. The lowest BCUT2D eigenvalue weighted by molar-refractivity contribution is -0.138. The van der Waals surface area contributed by atoms with Crippen LogP contribution in [0.1, 0.15) is 49.0 Å². The van der Waals surface area contributed by atoms with Crippen molar-refractivity contribution in [3.8, 4) is 11.1 Å². The van der Waals surface area contributed by atoms with Gasteiger partial charge in [0, 0.05) is 58.3 Å². The number of carbonyl (C=O) groups excluding carboxylic acids is 2. The molecule has 3 aliphatic heterocycles. The molecule has 8 heteroatoms. The number of nitrogens with zero attached hydrogens (tertiary/aromatic N) is 3. The number of amides is 2. The zero-order valence-corrected chi connectivity index (χ0v) is 21.3. The number of halogens is 1. The zero-order valence-electron chi connectivity index (χ0n) is 19.7. The number of fused-ring (bicyclic) bond motifs is 2. The molecule has 2 fully saturated rings. The van der Waals surface area contributed by atoms with Crippen molar-refractivity contribution in [1.29, 1.82) is 0 Å². The number of rotatable bonds is 4. The number of pyridine rings is 1. The Morgan fingerprint density at radius 1 is 1.03 bits per heavy atom. The summed E-state index contributed by atoms with van der Waals surface area (Å²) in [5.41, 5.74) is 5.84. The lowest BCUT2D eigenvalue weighted by Gasteiger charge is -2.39. The Morgan fingerprint density at radius 2 is 1.89 bits per heavy atom. The minimum absolute atomic E-state index is 0.0851. The largest absolute Gasteiger partial charge is 0.368 e. The van der Waals surface area contributed by atoms with Gasteiger partial charge in [0.15, 0.2) is 0 Å². The Kier molecular flexibility index (Phi) is 6.25. The van der Waals surface area contributed by atoms with Crippen molar-refractivity contribution < 1.29 is 9.59 Å². The molecule has 6 rings (SSSR count). The van der Waals surface area contributed by atoms with Gasteiger partial charge in [-0.3, -0.25) is 19.5 Å². The molecule has 0 aliphatic carbocycles. The molecular formula is C27H29ClN4O2S. The van der Waals surface area contributed by atoms with Gasteiger partial charge in [-0.25, -0.2) is 0 Å². The standard InChI is InChI=1S/C27H29ClN4O2S/c28-18-13-17-3-2-12-31(19-4-1-9-29-10-7-19)26(17)22(14-18)21-8-11-30-23-15-20(35-27(21)23)16-32-24(33)5-6-25(32)34/h8,11,13-15,19,29H,1-7,9-10,12,16H2/t19-/m0/s1. The Bertz CT molecular complexity index is 1280. The Morgan fingerprint density at radius 3 is 2.74 bits per heavy atom. The highest BCUT2D eigenvalue weighted by Gasteiger charge is 2.31. The number of aryl methyl sites for hydroxylation is 1. The van der Waals surface area contributed by atoms with E-state index in [1.54, 1.807) is 11.3 Å². The highest BCUT2D eigenvalue weighted by molar-refractivity contribution is 7.19. The van der Waals surface area contributed by atoms with E-state index in [-0.39, 0.29) is 11.8 Å². The third kappa shape index (κ3) is 4.34. The fourth-order valence-corrected chi connectivity index (χ4v) is 7.22. The molecule has 3 aliphatic rings. The molecule has 0 unspecified atom stereocenters. The first-order valence-corrected chi connectivity index (χ1v) is 13.8. The van der Waals surface area contributed by atoms with Gasteiger partial charge in [0.05, 0.1) is 16.8 Å². The maximum atomic E-state index is 12.2. The molecule has 1 N–H and O–H groups in total. The van der Waals surface area contributed by atoms with Gasteiger partial charge in [0.2, 0.25) is 11.8 Å². The highest BCUT2D eigenvalue weighted by Crippen LogP contribution is 2.45. The molecule has 1 atom stereocenters.